The monoisotopic (exact) mass is 457 g/mol. The third-order valence-electron chi connectivity index (χ3n) is 5.10. The maximum Gasteiger partial charge on any atom is 0.144 e. The topological polar surface area (TPSA) is 137 Å². The van der Waals surface area contributed by atoms with Crippen LogP contribution in [0, 0.1) is 45.3 Å². The molecule has 4 heterocycles. The average Bonchev–Trinajstić information content (AvgIpc) is 3.64. The normalized spacial score (nSPS) is 10.2. The number of H-pyrrole nitrogens is 1. The number of fused-ring (bicyclic) bond motifs is 3. The number of thiophene rings is 1. The van der Waals surface area contributed by atoms with Crippen molar-refractivity contribution in [3.05, 3.63) is 71.2 Å². The molecule has 0 fully saturated rings. The number of aromatic nitrogens is 1. The van der Waals surface area contributed by atoms with E-state index in [2.05, 4.69) is 4.98 Å². The van der Waals surface area contributed by atoms with Crippen molar-refractivity contribution in [2.45, 2.75) is 0 Å². The molecular formula is C26H11N5O2S. The average molecular weight is 457 g/mol. The van der Waals surface area contributed by atoms with Crippen LogP contribution < -0.4 is 0 Å². The molecule has 0 aliphatic carbocycles. The SMILES string of the molecule is N#CC(C#N)=Cc1ccc(-c2ccc3c(c2)[nH]c2cc(-c4ccc(C=C(C#N)C#N)o4)sc23)o1. The highest BCUT2D eigenvalue weighted by Crippen LogP contribution is 2.39. The maximum absolute atomic E-state index is 8.91. The molecule has 0 radical (unpaired) electrons. The van der Waals surface area contributed by atoms with Gasteiger partial charge in [0, 0.05) is 28.6 Å². The van der Waals surface area contributed by atoms with E-state index in [1.165, 1.54) is 12.2 Å². The van der Waals surface area contributed by atoms with Crippen LogP contribution in [0.3, 0.4) is 0 Å². The van der Waals surface area contributed by atoms with Gasteiger partial charge in [-0.1, -0.05) is 12.1 Å². The van der Waals surface area contributed by atoms with E-state index in [1.807, 2.05) is 54.6 Å². The summed E-state index contributed by atoms with van der Waals surface area (Å²) < 4.78 is 12.7. The van der Waals surface area contributed by atoms with E-state index in [1.54, 1.807) is 29.5 Å². The Labute approximate surface area is 196 Å². The van der Waals surface area contributed by atoms with Gasteiger partial charge in [-0.05, 0) is 36.4 Å². The van der Waals surface area contributed by atoms with E-state index >= 15 is 0 Å². The second kappa shape index (κ2) is 8.34. The minimum Gasteiger partial charge on any atom is -0.457 e. The van der Waals surface area contributed by atoms with Gasteiger partial charge < -0.3 is 13.8 Å². The van der Waals surface area contributed by atoms with Crippen LogP contribution in [0.2, 0.25) is 0 Å². The maximum atomic E-state index is 8.91. The standard InChI is InChI=1S/C26H11N5O2S/c27-11-15(12-28)7-18-2-5-23(32-18)17-1-4-20-21(9-17)31-22-10-25(34-26(20)22)24-6-3-19(33-24)8-16(13-29)14-30/h1-10,31H. The first kappa shape index (κ1) is 20.6. The molecule has 0 bridgehead atoms. The highest BCUT2D eigenvalue weighted by molar-refractivity contribution is 7.23. The second-order valence-electron chi connectivity index (χ2n) is 7.21. The van der Waals surface area contributed by atoms with Crippen LogP contribution in [-0.2, 0) is 0 Å². The number of benzene rings is 1. The van der Waals surface area contributed by atoms with Crippen LogP contribution >= 0.6 is 11.3 Å². The summed E-state index contributed by atoms with van der Waals surface area (Å²) in [5.41, 5.74) is 2.74. The molecule has 0 saturated carbocycles. The van der Waals surface area contributed by atoms with Gasteiger partial charge >= 0.3 is 0 Å². The van der Waals surface area contributed by atoms with E-state index in [0.717, 1.165) is 31.6 Å². The molecule has 0 atom stereocenters. The largest absolute Gasteiger partial charge is 0.457 e. The molecule has 0 aliphatic rings. The smallest absolute Gasteiger partial charge is 0.144 e. The minimum absolute atomic E-state index is 0.0174. The first-order chi connectivity index (χ1) is 16.6. The predicted molar refractivity (Wildman–Crippen MR) is 127 cm³/mol. The summed E-state index contributed by atoms with van der Waals surface area (Å²) in [5.74, 6) is 2.18. The third kappa shape index (κ3) is 3.64. The van der Waals surface area contributed by atoms with Crippen LogP contribution in [0.4, 0.5) is 0 Å². The summed E-state index contributed by atoms with van der Waals surface area (Å²) >= 11 is 1.58. The van der Waals surface area contributed by atoms with Gasteiger partial charge in [-0.25, -0.2) is 0 Å². The van der Waals surface area contributed by atoms with Crippen molar-refractivity contribution in [3.8, 4) is 46.2 Å². The molecule has 8 heteroatoms. The number of nitrogens with one attached hydrogen (secondary N) is 1. The van der Waals surface area contributed by atoms with Crippen molar-refractivity contribution in [3.63, 3.8) is 0 Å². The lowest BCUT2D eigenvalue weighted by Gasteiger charge is -1.98. The van der Waals surface area contributed by atoms with Gasteiger partial charge in [-0.2, -0.15) is 21.0 Å². The van der Waals surface area contributed by atoms with E-state index in [4.69, 9.17) is 29.9 Å². The van der Waals surface area contributed by atoms with Crippen molar-refractivity contribution in [2.75, 3.05) is 0 Å². The van der Waals surface area contributed by atoms with E-state index in [-0.39, 0.29) is 11.1 Å². The summed E-state index contributed by atoms with van der Waals surface area (Å²) in [6.07, 6.45) is 2.82. The van der Waals surface area contributed by atoms with Crippen LogP contribution in [0.1, 0.15) is 11.5 Å². The summed E-state index contributed by atoms with van der Waals surface area (Å²) in [4.78, 5) is 4.35. The first-order valence-corrected chi connectivity index (χ1v) is 10.7. The zero-order chi connectivity index (χ0) is 23.7. The fourth-order valence-corrected chi connectivity index (χ4v) is 4.68. The van der Waals surface area contributed by atoms with Crippen LogP contribution in [0.15, 0.2) is 68.5 Å². The summed E-state index contributed by atoms with van der Waals surface area (Å²) in [5, 5.41) is 36.7. The van der Waals surface area contributed by atoms with Gasteiger partial charge in [0.15, 0.2) is 0 Å². The van der Waals surface area contributed by atoms with Crippen LogP contribution in [-0.4, -0.2) is 4.98 Å². The van der Waals surface area contributed by atoms with Crippen molar-refractivity contribution >= 4 is 44.6 Å². The van der Waals surface area contributed by atoms with E-state index in [9.17, 15) is 0 Å². The van der Waals surface area contributed by atoms with Crippen LogP contribution in [0.25, 0.3) is 55.2 Å². The van der Waals surface area contributed by atoms with Gasteiger partial charge in [0.1, 0.15) is 58.5 Å². The molecule has 4 aromatic heterocycles. The molecule has 5 rings (SSSR count). The minimum atomic E-state index is -0.0213. The Morgan fingerprint density at radius 3 is 2.00 bits per heavy atom. The number of nitriles is 4. The Morgan fingerprint density at radius 2 is 1.35 bits per heavy atom. The molecule has 0 unspecified atom stereocenters. The molecule has 0 spiro atoms. The fraction of sp³-hybridized carbons (Fsp3) is 0. The summed E-state index contributed by atoms with van der Waals surface area (Å²) in [6, 6.07) is 22.3. The predicted octanol–water partition coefficient (Wildman–Crippen LogP) is 6.76. The Balaban J connectivity index is 1.47. The molecule has 1 aromatic carbocycles. The van der Waals surface area contributed by atoms with Gasteiger partial charge in [0.2, 0.25) is 0 Å². The number of nitrogens with zero attached hydrogens (tertiary/aromatic N) is 4. The van der Waals surface area contributed by atoms with Gasteiger partial charge in [-0.3, -0.25) is 0 Å². The van der Waals surface area contributed by atoms with E-state index in [0.29, 0.717) is 23.0 Å². The zero-order valence-electron chi connectivity index (χ0n) is 17.3. The Hall–Kier alpha value is -5.28. The molecule has 0 aliphatic heterocycles. The molecule has 5 aromatic rings. The molecule has 1 N–H and O–H groups in total. The highest BCUT2D eigenvalue weighted by atomic mass is 32.1. The number of hydrogen-bond donors (Lipinski definition) is 1. The summed E-state index contributed by atoms with van der Waals surface area (Å²) in [7, 11) is 0. The van der Waals surface area contributed by atoms with Crippen molar-refractivity contribution < 1.29 is 8.83 Å². The van der Waals surface area contributed by atoms with Crippen molar-refractivity contribution in [1.82, 2.24) is 4.98 Å². The lowest BCUT2D eigenvalue weighted by Crippen LogP contribution is -1.75. The van der Waals surface area contributed by atoms with E-state index < -0.39 is 0 Å². The number of allylic oxidation sites excluding steroid dienone is 2. The fourth-order valence-electron chi connectivity index (χ4n) is 3.56. The number of rotatable bonds is 4. The number of hydrogen-bond acceptors (Lipinski definition) is 7. The molecule has 0 amide bonds. The van der Waals surface area contributed by atoms with Gasteiger partial charge in [0.25, 0.3) is 0 Å². The Bertz CT molecular complexity index is 1700. The third-order valence-corrected chi connectivity index (χ3v) is 6.28. The molecule has 0 saturated heterocycles. The Morgan fingerprint density at radius 1 is 0.735 bits per heavy atom. The summed E-state index contributed by atoms with van der Waals surface area (Å²) in [6.45, 7) is 0. The Kier molecular flexibility index (Phi) is 5.05. The van der Waals surface area contributed by atoms with Gasteiger partial charge in [-0.15, -0.1) is 11.3 Å². The molecular weight excluding hydrogens is 446 g/mol. The number of aromatic amines is 1. The second-order valence-corrected chi connectivity index (χ2v) is 8.26. The molecule has 7 nitrogen and oxygen atoms in total. The van der Waals surface area contributed by atoms with Crippen molar-refractivity contribution in [2.24, 2.45) is 0 Å². The highest BCUT2D eigenvalue weighted by Gasteiger charge is 2.14. The number of furan rings is 2. The lowest BCUT2D eigenvalue weighted by molar-refractivity contribution is 0.571. The van der Waals surface area contributed by atoms with Gasteiger partial charge in [0.05, 0.1) is 15.1 Å². The lowest BCUT2D eigenvalue weighted by atomic mass is 10.1. The molecule has 158 valence electrons. The zero-order valence-corrected chi connectivity index (χ0v) is 18.1. The quantitative estimate of drug-likeness (QED) is 0.296. The first-order valence-electron chi connectivity index (χ1n) is 9.91. The van der Waals surface area contributed by atoms with Crippen molar-refractivity contribution in [1.29, 1.82) is 21.0 Å². The molecule has 34 heavy (non-hydrogen) atoms. The van der Waals surface area contributed by atoms with Crippen LogP contribution in [0.5, 0.6) is 0 Å².